The van der Waals surface area contributed by atoms with Gasteiger partial charge in [0.05, 0.1) is 23.6 Å². The largest absolute Gasteiger partial charge is 0.490 e. The van der Waals surface area contributed by atoms with E-state index < -0.39 is 11.7 Å². The van der Waals surface area contributed by atoms with Crippen LogP contribution in [0.1, 0.15) is 43.7 Å². The van der Waals surface area contributed by atoms with Crippen LogP contribution in [0.5, 0.6) is 5.75 Å². The van der Waals surface area contributed by atoms with Gasteiger partial charge in [0.25, 0.3) is 0 Å². The van der Waals surface area contributed by atoms with Crippen LogP contribution in [-0.2, 0) is 17.5 Å². The van der Waals surface area contributed by atoms with Crippen LogP contribution in [0.15, 0.2) is 30.6 Å². The molecule has 1 aliphatic carbocycles. The Morgan fingerprint density at radius 3 is 2.34 bits per heavy atom. The van der Waals surface area contributed by atoms with Gasteiger partial charge in [-0.1, -0.05) is 6.07 Å². The number of amides is 2. The predicted octanol–water partition coefficient (Wildman–Crippen LogP) is 3.92. The van der Waals surface area contributed by atoms with Gasteiger partial charge in [-0.3, -0.25) is 9.69 Å². The Morgan fingerprint density at radius 2 is 1.73 bits per heavy atom. The van der Waals surface area contributed by atoms with Crippen molar-refractivity contribution >= 4 is 17.6 Å². The second kappa shape index (κ2) is 10.9. The monoisotopic (exact) mass is 574 g/mol. The van der Waals surface area contributed by atoms with Crippen molar-refractivity contribution in [2.24, 2.45) is 11.8 Å². The maximum atomic E-state index is 14.1. The molecular weight excluding hydrogens is 537 g/mol. The van der Waals surface area contributed by atoms with Crippen LogP contribution < -0.4 is 9.64 Å². The SMILES string of the molecule is CC(=O)N(C)c1cnn(C(=O)N2CC3CN(Cc4ccc(OC5CCN(C6CC6)CC5)cc4C(F)(F)F)CC3C2)c1. The van der Waals surface area contributed by atoms with E-state index in [2.05, 4.69) is 14.9 Å². The normalized spacial score (nSPS) is 24.1. The highest BCUT2D eigenvalue weighted by Crippen LogP contribution is 2.38. The van der Waals surface area contributed by atoms with Gasteiger partial charge in [0, 0.05) is 65.8 Å². The van der Waals surface area contributed by atoms with Gasteiger partial charge in [0.15, 0.2) is 0 Å². The fourth-order valence-electron chi connectivity index (χ4n) is 6.56. The van der Waals surface area contributed by atoms with Gasteiger partial charge in [-0.05, 0) is 55.2 Å². The highest BCUT2D eigenvalue weighted by Gasteiger charge is 2.43. The zero-order chi connectivity index (χ0) is 28.9. The Balaban J connectivity index is 1.05. The fourth-order valence-corrected chi connectivity index (χ4v) is 6.56. The molecule has 222 valence electrons. The van der Waals surface area contributed by atoms with E-state index in [1.54, 1.807) is 24.1 Å². The maximum absolute atomic E-state index is 14.1. The van der Waals surface area contributed by atoms with Crippen molar-refractivity contribution in [3.63, 3.8) is 0 Å². The topological polar surface area (TPSA) is 74.2 Å². The third-order valence-electron chi connectivity index (χ3n) is 9.08. The average molecular weight is 575 g/mol. The summed E-state index contributed by atoms with van der Waals surface area (Å²) in [5.74, 6) is 0.502. The van der Waals surface area contributed by atoms with Gasteiger partial charge in [-0.25, -0.2) is 4.79 Å². The first kappa shape index (κ1) is 28.0. The number of hydrogen-bond acceptors (Lipinski definition) is 6. The number of aromatic nitrogens is 2. The summed E-state index contributed by atoms with van der Waals surface area (Å²) in [7, 11) is 1.62. The zero-order valence-corrected chi connectivity index (χ0v) is 23.5. The van der Waals surface area contributed by atoms with E-state index in [9.17, 15) is 22.8 Å². The minimum absolute atomic E-state index is 0.0519. The van der Waals surface area contributed by atoms with Gasteiger partial charge >= 0.3 is 12.2 Å². The third kappa shape index (κ3) is 6.08. The summed E-state index contributed by atoms with van der Waals surface area (Å²) in [6.07, 6.45) is 2.68. The van der Waals surface area contributed by atoms with Crippen LogP contribution in [0.4, 0.5) is 23.7 Å². The first-order valence-corrected chi connectivity index (χ1v) is 14.5. The minimum atomic E-state index is -4.47. The molecule has 0 N–H and O–H groups in total. The molecule has 0 bridgehead atoms. The Hall–Kier alpha value is -3.12. The quantitative estimate of drug-likeness (QED) is 0.521. The number of hydrogen-bond donors (Lipinski definition) is 0. The lowest BCUT2D eigenvalue weighted by atomic mass is 10.0. The van der Waals surface area contributed by atoms with Crippen LogP contribution >= 0.6 is 0 Å². The van der Waals surface area contributed by atoms with E-state index in [1.807, 2.05) is 0 Å². The molecule has 1 saturated carbocycles. The highest BCUT2D eigenvalue weighted by atomic mass is 19.4. The smallest absolute Gasteiger partial charge is 0.416 e. The number of benzene rings is 1. The van der Waals surface area contributed by atoms with Crippen LogP contribution in [0, 0.1) is 11.8 Å². The second-order valence-electron chi connectivity index (χ2n) is 12.0. The Labute approximate surface area is 237 Å². The molecule has 2 unspecified atom stereocenters. The van der Waals surface area contributed by atoms with Crippen molar-refractivity contribution in [3.05, 3.63) is 41.7 Å². The van der Waals surface area contributed by atoms with Gasteiger partial charge in [0.2, 0.25) is 5.91 Å². The first-order valence-electron chi connectivity index (χ1n) is 14.5. The van der Waals surface area contributed by atoms with Crippen LogP contribution in [0.25, 0.3) is 0 Å². The number of halogens is 3. The second-order valence-corrected chi connectivity index (χ2v) is 12.0. The average Bonchev–Trinajstić information content (AvgIpc) is 3.34. The molecule has 2 atom stereocenters. The van der Waals surface area contributed by atoms with E-state index in [0.29, 0.717) is 37.9 Å². The molecule has 1 aromatic carbocycles. The minimum Gasteiger partial charge on any atom is -0.490 e. The summed E-state index contributed by atoms with van der Waals surface area (Å²) >= 11 is 0. The number of rotatable bonds is 6. The standard InChI is InChI=1S/C29H37F3N6O3/c1-19(39)34(2)24-12-33-38(18-24)28(40)37-16-21-14-35(15-22(21)17-37)13-20-3-6-26(11-27(20)29(30,31)32)41-25-7-9-36(10-8-25)23-4-5-23/h3,6,11-12,18,21-23,25H,4-5,7-10,13-17H2,1-2H3. The number of ether oxygens (including phenoxy) is 1. The molecule has 12 heteroatoms. The molecule has 3 saturated heterocycles. The molecule has 0 spiro atoms. The summed E-state index contributed by atoms with van der Waals surface area (Å²) in [6, 6.07) is 4.85. The summed E-state index contributed by atoms with van der Waals surface area (Å²) < 4.78 is 49.6. The molecule has 0 radical (unpaired) electrons. The van der Waals surface area contributed by atoms with Crippen molar-refractivity contribution < 1.29 is 27.5 Å². The summed E-state index contributed by atoms with van der Waals surface area (Å²) in [5, 5.41) is 4.12. The highest BCUT2D eigenvalue weighted by molar-refractivity contribution is 5.91. The third-order valence-corrected chi connectivity index (χ3v) is 9.08. The molecule has 2 aromatic rings. The molecule has 4 fully saturated rings. The van der Waals surface area contributed by atoms with Crippen molar-refractivity contribution in [1.82, 2.24) is 24.5 Å². The maximum Gasteiger partial charge on any atom is 0.416 e. The van der Waals surface area contributed by atoms with Crippen molar-refractivity contribution in [2.45, 2.75) is 57.5 Å². The summed E-state index contributed by atoms with van der Waals surface area (Å²) in [5.41, 5.74) is 0.150. The number of carbonyl (C=O) groups excluding carboxylic acids is 2. The van der Waals surface area contributed by atoms with Crippen molar-refractivity contribution in [1.29, 1.82) is 0 Å². The molecule has 1 aromatic heterocycles. The van der Waals surface area contributed by atoms with Crippen LogP contribution in [0.3, 0.4) is 0 Å². The van der Waals surface area contributed by atoms with Gasteiger partial charge in [0.1, 0.15) is 11.9 Å². The number of likely N-dealkylation sites (tertiary alicyclic amines) is 3. The molecule has 2 amide bonds. The first-order chi connectivity index (χ1) is 19.5. The molecular formula is C29H37F3N6O3. The van der Waals surface area contributed by atoms with E-state index >= 15 is 0 Å². The zero-order valence-electron chi connectivity index (χ0n) is 23.5. The molecule has 4 aliphatic rings. The number of fused-ring (bicyclic) bond motifs is 1. The molecule has 9 nitrogen and oxygen atoms in total. The van der Waals surface area contributed by atoms with E-state index in [-0.39, 0.29) is 47.7 Å². The van der Waals surface area contributed by atoms with Gasteiger partial charge < -0.3 is 19.4 Å². The number of nitrogens with zero attached hydrogens (tertiary/aromatic N) is 6. The molecule has 41 heavy (non-hydrogen) atoms. The van der Waals surface area contributed by atoms with Crippen LogP contribution in [0.2, 0.25) is 0 Å². The lowest BCUT2D eigenvalue weighted by molar-refractivity contribution is -0.138. The Morgan fingerprint density at radius 1 is 1.05 bits per heavy atom. The van der Waals surface area contributed by atoms with Crippen molar-refractivity contribution in [3.8, 4) is 5.75 Å². The Bertz CT molecular complexity index is 1270. The summed E-state index contributed by atoms with van der Waals surface area (Å²) in [6.45, 7) is 5.83. The molecule has 6 rings (SSSR count). The van der Waals surface area contributed by atoms with Crippen LogP contribution in [-0.4, -0.2) is 94.9 Å². The lowest BCUT2D eigenvalue weighted by Gasteiger charge is -2.32. The number of carbonyl (C=O) groups is 2. The lowest BCUT2D eigenvalue weighted by Crippen LogP contribution is -2.39. The van der Waals surface area contributed by atoms with Gasteiger partial charge in [-0.15, -0.1) is 0 Å². The van der Waals surface area contributed by atoms with E-state index in [4.69, 9.17) is 4.74 Å². The predicted molar refractivity (Wildman–Crippen MR) is 146 cm³/mol. The molecule has 4 heterocycles. The number of alkyl halides is 3. The number of piperidine rings is 1. The number of anilines is 1. The van der Waals surface area contributed by atoms with Gasteiger partial charge in [-0.2, -0.15) is 23.0 Å². The summed E-state index contributed by atoms with van der Waals surface area (Å²) in [4.78, 5) is 32.3. The molecule has 3 aliphatic heterocycles. The van der Waals surface area contributed by atoms with E-state index in [0.717, 1.165) is 25.9 Å². The van der Waals surface area contributed by atoms with Crippen molar-refractivity contribution in [2.75, 3.05) is 51.2 Å². The fraction of sp³-hybridized carbons (Fsp3) is 0.621. The van der Waals surface area contributed by atoms with E-state index in [1.165, 1.54) is 47.8 Å². The Kier molecular flexibility index (Phi) is 7.48.